The van der Waals surface area contributed by atoms with Crippen LogP contribution in [0.5, 0.6) is 11.5 Å². The van der Waals surface area contributed by atoms with Gasteiger partial charge in [0.05, 0.1) is 31.6 Å². The standard InChI is InChI=1S/C22H23N5O4/c1-15(27-22(29)17-4-2-3-5-18(17)23-24-27)21(28)26-10-8-25(9-11-26)13-16-6-7-19-20(12-16)31-14-30-19/h2-7,12,15H,8-11,13-14H2,1H3/p+1/t15-/m0/s1. The molecule has 9 heteroatoms. The van der Waals surface area contributed by atoms with Gasteiger partial charge in [0.25, 0.3) is 5.56 Å². The summed E-state index contributed by atoms with van der Waals surface area (Å²) in [6, 6.07) is 12.4. The van der Waals surface area contributed by atoms with Crippen LogP contribution in [0, 0.1) is 0 Å². The first kappa shape index (κ1) is 19.5. The molecule has 0 aliphatic carbocycles. The number of nitrogens with zero attached hydrogens (tertiary/aromatic N) is 4. The van der Waals surface area contributed by atoms with Crippen molar-refractivity contribution in [1.82, 2.24) is 19.9 Å². The lowest BCUT2D eigenvalue weighted by Gasteiger charge is -2.33. The Morgan fingerprint density at radius 2 is 1.90 bits per heavy atom. The zero-order valence-corrected chi connectivity index (χ0v) is 17.3. The third kappa shape index (κ3) is 3.72. The Bertz CT molecular complexity index is 1190. The minimum atomic E-state index is -0.694. The number of fused-ring (bicyclic) bond motifs is 2. The molecule has 1 aromatic heterocycles. The van der Waals surface area contributed by atoms with Crippen molar-refractivity contribution in [2.24, 2.45) is 0 Å². The van der Waals surface area contributed by atoms with Gasteiger partial charge in [-0.3, -0.25) is 9.59 Å². The van der Waals surface area contributed by atoms with Crippen molar-refractivity contribution in [2.75, 3.05) is 33.0 Å². The molecule has 2 aromatic carbocycles. The summed E-state index contributed by atoms with van der Waals surface area (Å²) >= 11 is 0. The fourth-order valence-corrected chi connectivity index (χ4v) is 4.18. The van der Waals surface area contributed by atoms with E-state index >= 15 is 0 Å². The van der Waals surface area contributed by atoms with E-state index in [4.69, 9.17) is 9.47 Å². The molecule has 0 radical (unpaired) electrons. The third-order valence-electron chi connectivity index (χ3n) is 5.99. The maximum absolute atomic E-state index is 13.0. The second-order valence-electron chi connectivity index (χ2n) is 7.97. The molecule has 0 unspecified atom stereocenters. The summed E-state index contributed by atoms with van der Waals surface area (Å²) < 4.78 is 12.0. The topological polar surface area (TPSA) is 91.0 Å². The Kier molecular flexibility index (Phi) is 5.03. The van der Waals surface area contributed by atoms with Crippen LogP contribution in [0.4, 0.5) is 0 Å². The van der Waals surface area contributed by atoms with Gasteiger partial charge in [0.15, 0.2) is 11.5 Å². The molecule has 9 nitrogen and oxygen atoms in total. The molecular formula is C22H24N5O4+. The number of aromatic nitrogens is 3. The number of amides is 1. The summed E-state index contributed by atoms with van der Waals surface area (Å²) in [5.74, 6) is 1.48. The average Bonchev–Trinajstić information content (AvgIpc) is 3.27. The highest BCUT2D eigenvalue weighted by molar-refractivity contribution is 5.81. The Morgan fingerprint density at radius 3 is 2.74 bits per heavy atom. The van der Waals surface area contributed by atoms with Crippen molar-refractivity contribution in [3.63, 3.8) is 0 Å². The molecule has 1 atom stereocenters. The van der Waals surface area contributed by atoms with Gasteiger partial charge >= 0.3 is 0 Å². The molecule has 1 saturated heterocycles. The lowest BCUT2D eigenvalue weighted by molar-refractivity contribution is -0.917. The first-order chi connectivity index (χ1) is 15.1. The van der Waals surface area contributed by atoms with E-state index in [1.807, 2.05) is 17.0 Å². The Hall–Kier alpha value is -3.46. The summed E-state index contributed by atoms with van der Waals surface area (Å²) in [4.78, 5) is 29.0. The van der Waals surface area contributed by atoms with Crippen LogP contribution in [0.15, 0.2) is 47.3 Å². The lowest BCUT2D eigenvalue weighted by Crippen LogP contribution is -3.13. The lowest BCUT2D eigenvalue weighted by atomic mass is 10.1. The summed E-state index contributed by atoms with van der Waals surface area (Å²) in [7, 11) is 0. The van der Waals surface area contributed by atoms with Gasteiger partial charge in [0, 0.05) is 5.56 Å². The minimum absolute atomic E-state index is 0.103. The second-order valence-corrected chi connectivity index (χ2v) is 7.97. The second kappa shape index (κ2) is 7.99. The van der Waals surface area contributed by atoms with Gasteiger partial charge in [-0.15, -0.1) is 5.10 Å². The molecule has 2 aliphatic heterocycles. The predicted octanol–water partition coefficient (Wildman–Crippen LogP) is 0.00850. The molecule has 1 N–H and O–H groups in total. The van der Waals surface area contributed by atoms with Crippen LogP contribution >= 0.6 is 0 Å². The van der Waals surface area contributed by atoms with Crippen LogP contribution in [0.3, 0.4) is 0 Å². The number of carbonyl (C=O) groups excluding carboxylic acids is 1. The van der Waals surface area contributed by atoms with Crippen molar-refractivity contribution in [1.29, 1.82) is 0 Å². The van der Waals surface area contributed by atoms with Gasteiger partial charge in [-0.05, 0) is 37.3 Å². The molecule has 3 heterocycles. The van der Waals surface area contributed by atoms with Crippen LogP contribution in [0.2, 0.25) is 0 Å². The van der Waals surface area contributed by atoms with E-state index in [1.165, 1.54) is 15.1 Å². The normalized spacial score (nSPS) is 17.1. The summed E-state index contributed by atoms with van der Waals surface area (Å²) in [5, 5.41) is 8.56. The Morgan fingerprint density at radius 1 is 1.13 bits per heavy atom. The zero-order chi connectivity index (χ0) is 21.4. The fraction of sp³-hybridized carbons (Fsp3) is 0.364. The summed E-state index contributed by atoms with van der Waals surface area (Å²) in [6.07, 6.45) is 0. The van der Waals surface area contributed by atoms with E-state index in [2.05, 4.69) is 16.4 Å². The van der Waals surface area contributed by atoms with Gasteiger partial charge in [0.2, 0.25) is 12.7 Å². The monoisotopic (exact) mass is 422 g/mol. The quantitative estimate of drug-likeness (QED) is 0.637. The zero-order valence-electron chi connectivity index (χ0n) is 17.3. The molecule has 160 valence electrons. The van der Waals surface area contributed by atoms with Gasteiger partial charge < -0.3 is 19.3 Å². The number of carbonyl (C=O) groups is 1. The van der Waals surface area contributed by atoms with Crippen molar-refractivity contribution in [3.8, 4) is 11.5 Å². The van der Waals surface area contributed by atoms with E-state index in [-0.39, 0.29) is 18.3 Å². The van der Waals surface area contributed by atoms with E-state index in [1.54, 1.807) is 31.2 Å². The number of benzene rings is 2. The molecule has 0 bridgehead atoms. The highest BCUT2D eigenvalue weighted by Crippen LogP contribution is 2.32. The van der Waals surface area contributed by atoms with Crippen LogP contribution in [0.1, 0.15) is 18.5 Å². The average molecular weight is 422 g/mol. The number of piperazine rings is 1. The summed E-state index contributed by atoms with van der Waals surface area (Å²) in [5.41, 5.74) is 1.42. The van der Waals surface area contributed by atoms with Crippen LogP contribution in [-0.2, 0) is 11.3 Å². The van der Waals surface area contributed by atoms with Gasteiger partial charge in [-0.2, -0.15) is 4.68 Å². The van der Waals surface area contributed by atoms with Crippen molar-refractivity contribution in [3.05, 3.63) is 58.4 Å². The SMILES string of the molecule is C[C@@H](C(=O)N1CC[NH+](Cc2ccc3c(c2)OCO3)CC1)n1nnc2ccccc2c1=O. The highest BCUT2D eigenvalue weighted by atomic mass is 16.7. The smallest absolute Gasteiger partial charge is 0.278 e. The summed E-state index contributed by atoms with van der Waals surface area (Å²) in [6.45, 7) is 5.80. The molecule has 0 spiro atoms. The number of nitrogens with one attached hydrogen (secondary N) is 1. The first-order valence-corrected chi connectivity index (χ1v) is 10.5. The van der Waals surface area contributed by atoms with Gasteiger partial charge in [0.1, 0.15) is 18.1 Å². The third-order valence-corrected chi connectivity index (χ3v) is 5.99. The molecule has 1 fully saturated rings. The molecule has 5 rings (SSSR count). The predicted molar refractivity (Wildman–Crippen MR) is 112 cm³/mol. The van der Waals surface area contributed by atoms with Gasteiger partial charge in [-0.1, -0.05) is 17.3 Å². The minimum Gasteiger partial charge on any atom is -0.454 e. The van der Waals surface area contributed by atoms with Crippen molar-refractivity contribution >= 4 is 16.8 Å². The molecule has 3 aromatic rings. The number of hydrogen-bond acceptors (Lipinski definition) is 6. The number of hydrogen-bond donors (Lipinski definition) is 1. The molecule has 1 amide bonds. The van der Waals surface area contributed by atoms with Crippen molar-refractivity contribution in [2.45, 2.75) is 19.5 Å². The largest absolute Gasteiger partial charge is 0.454 e. The first-order valence-electron chi connectivity index (χ1n) is 10.5. The van der Waals surface area contributed by atoms with E-state index < -0.39 is 6.04 Å². The molecular weight excluding hydrogens is 398 g/mol. The number of quaternary nitrogens is 1. The Balaban J connectivity index is 1.23. The van der Waals surface area contributed by atoms with Crippen LogP contribution in [-0.4, -0.2) is 58.8 Å². The highest BCUT2D eigenvalue weighted by Gasteiger charge is 2.29. The van der Waals surface area contributed by atoms with Gasteiger partial charge in [-0.25, -0.2) is 0 Å². The maximum atomic E-state index is 13.0. The van der Waals surface area contributed by atoms with E-state index in [0.29, 0.717) is 24.0 Å². The number of rotatable bonds is 4. The van der Waals surface area contributed by atoms with Crippen molar-refractivity contribution < 1.29 is 19.2 Å². The molecule has 31 heavy (non-hydrogen) atoms. The fourth-order valence-electron chi connectivity index (χ4n) is 4.18. The number of ether oxygens (including phenoxy) is 2. The van der Waals surface area contributed by atoms with E-state index in [0.717, 1.165) is 31.1 Å². The van der Waals surface area contributed by atoms with E-state index in [9.17, 15) is 9.59 Å². The Labute approximate surface area is 178 Å². The maximum Gasteiger partial charge on any atom is 0.278 e. The van der Waals surface area contributed by atoms with Crippen LogP contribution < -0.4 is 19.9 Å². The van der Waals surface area contributed by atoms with Crippen LogP contribution in [0.25, 0.3) is 10.9 Å². The molecule has 2 aliphatic rings. The molecule has 0 saturated carbocycles.